The first-order valence-electron chi connectivity index (χ1n) is 12.1. The van der Waals surface area contributed by atoms with E-state index in [9.17, 15) is 19.1 Å². The number of aromatic nitrogens is 1. The number of benzene rings is 3. The third-order valence-corrected chi connectivity index (χ3v) is 6.46. The number of pyridine rings is 1. The molecule has 0 radical (unpaired) electrons. The van der Waals surface area contributed by atoms with Crippen molar-refractivity contribution in [2.24, 2.45) is 0 Å². The highest BCUT2D eigenvalue weighted by Crippen LogP contribution is 2.41. The number of hydrogen-bond donors (Lipinski definition) is 1. The Morgan fingerprint density at radius 2 is 1.68 bits per heavy atom. The number of aryl methyl sites for hydroxylation is 1. The van der Waals surface area contributed by atoms with Crippen LogP contribution in [0, 0.1) is 12.7 Å². The predicted octanol–water partition coefficient (Wildman–Crippen LogP) is 5.73. The summed E-state index contributed by atoms with van der Waals surface area (Å²) >= 11 is 0. The van der Waals surface area contributed by atoms with Gasteiger partial charge >= 0.3 is 0 Å². The van der Waals surface area contributed by atoms with Crippen LogP contribution in [-0.4, -0.2) is 26.7 Å². The molecule has 1 aromatic heterocycles. The molecule has 0 saturated carbocycles. The van der Waals surface area contributed by atoms with Crippen LogP contribution in [0.1, 0.15) is 33.9 Å². The number of halogens is 1. The monoisotopic (exact) mass is 508 g/mol. The van der Waals surface area contributed by atoms with Gasteiger partial charge in [0.1, 0.15) is 23.9 Å². The minimum absolute atomic E-state index is 0.0502. The number of aliphatic hydroxyl groups excluding tert-OH is 1. The molecule has 1 fully saturated rings. The molecule has 38 heavy (non-hydrogen) atoms. The average molecular weight is 509 g/mol. The topological polar surface area (TPSA) is 79.7 Å². The molecule has 1 aliphatic heterocycles. The molecule has 3 aromatic carbocycles. The first-order chi connectivity index (χ1) is 18.4. The largest absolute Gasteiger partial charge is 0.507 e. The van der Waals surface area contributed by atoms with Crippen LogP contribution in [-0.2, 0) is 22.7 Å². The number of nitrogens with zero attached hydrogens (tertiary/aromatic N) is 2. The molecule has 4 aromatic rings. The van der Waals surface area contributed by atoms with Crippen LogP contribution in [0.15, 0.2) is 103 Å². The number of rotatable bonds is 7. The lowest BCUT2D eigenvalue weighted by Gasteiger charge is -2.25. The smallest absolute Gasteiger partial charge is 0.295 e. The molecule has 1 atom stereocenters. The van der Waals surface area contributed by atoms with E-state index in [-0.39, 0.29) is 23.4 Å². The second-order valence-electron chi connectivity index (χ2n) is 9.11. The van der Waals surface area contributed by atoms with Crippen LogP contribution in [0.4, 0.5) is 4.39 Å². The molecular formula is C31H25FN2O4. The van der Waals surface area contributed by atoms with Gasteiger partial charge < -0.3 is 14.7 Å². The maximum atomic E-state index is 15.0. The van der Waals surface area contributed by atoms with E-state index in [1.54, 1.807) is 54.9 Å². The lowest BCUT2D eigenvalue weighted by molar-refractivity contribution is -0.140. The van der Waals surface area contributed by atoms with Gasteiger partial charge in [-0.2, -0.15) is 0 Å². The van der Waals surface area contributed by atoms with Crippen LogP contribution in [0.2, 0.25) is 0 Å². The van der Waals surface area contributed by atoms with Gasteiger partial charge in [0.05, 0.1) is 11.6 Å². The molecule has 0 spiro atoms. The fourth-order valence-electron chi connectivity index (χ4n) is 4.58. The number of Topliss-reactive ketones (excluding diaryl/α,β-unsaturated/α-hetero) is 1. The Morgan fingerprint density at radius 1 is 0.947 bits per heavy atom. The molecule has 1 aliphatic rings. The number of hydrogen-bond acceptors (Lipinski definition) is 5. The van der Waals surface area contributed by atoms with Gasteiger partial charge in [0.25, 0.3) is 11.7 Å². The third-order valence-electron chi connectivity index (χ3n) is 6.46. The van der Waals surface area contributed by atoms with Crippen LogP contribution >= 0.6 is 0 Å². The quantitative estimate of drug-likeness (QED) is 0.196. The molecule has 0 bridgehead atoms. The molecule has 7 heteroatoms. The van der Waals surface area contributed by atoms with Crippen molar-refractivity contribution in [2.45, 2.75) is 26.1 Å². The highest BCUT2D eigenvalue weighted by molar-refractivity contribution is 6.46. The zero-order valence-corrected chi connectivity index (χ0v) is 20.7. The van der Waals surface area contributed by atoms with Crippen molar-refractivity contribution in [1.82, 2.24) is 9.88 Å². The van der Waals surface area contributed by atoms with Gasteiger partial charge in [0.15, 0.2) is 0 Å². The molecule has 5 rings (SSSR count). The van der Waals surface area contributed by atoms with Crippen molar-refractivity contribution < 1.29 is 23.8 Å². The third kappa shape index (κ3) is 5.04. The predicted molar refractivity (Wildman–Crippen MR) is 140 cm³/mol. The zero-order valence-electron chi connectivity index (χ0n) is 20.7. The molecule has 1 N–H and O–H groups in total. The van der Waals surface area contributed by atoms with Gasteiger partial charge in [0.2, 0.25) is 0 Å². The van der Waals surface area contributed by atoms with E-state index < -0.39 is 23.5 Å². The number of aliphatic hydroxyl groups is 1. The summed E-state index contributed by atoms with van der Waals surface area (Å²) in [7, 11) is 0. The van der Waals surface area contributed by atoms with E-state index in [1.165, 1.54) is 23.1 Å². The highest BCUT2D eigenvalue weighted by Gasteiger charge is 2.46. The Balaban J connectivity index is 1.48. The molecule has 190 valence electrons. The summed E-state index contributed by atoms with van der Waals surface area (Å²) in [6.07, 6.45) is 3.15. The van der Waals surface area contributed by atoms with Crippen molar-refractivity contribution in [3.8, 4) is 5.75 Å². The fourth-order valence-corrected chi connectivity index (χ4v) is 4.58. The van der Waals surface area contributed by atoms with Gasteiger partial charge in [-0.3, -0.25) is 14.6 Å². The molecule has 1 amide bonds. The van der Waals surface area contributed by atoms with Gasteiger partial charge in [0, 0.05) is 30.1 Å². The van der Waals surface area contributed by atoms with Gasteiger partial charge in [-0.05, 0) is 60.5 Å². The minimum atomic E-state index is -1.10. The summed E-state index contributed by atoms with van der Waals surface area (Å²) in [5, 5.41) is 11.3. The van der Waals surface area contributed by atoms with E-state index >= 15 is 0 Å². The number of ether oxygens (including phenoxy) is 1. The van der Waals surface area contributed by atoms with E-state index in [0.717, 1.165) is 16.7 Å². The summed E-state index contributed by atoms with van der Waals surface area (Å²) in [4.78, 5) is 31.6. The van der Waals surface area contributed by atoms with Gasteiger partial charge in [-0.1, -0.05) is 48.0 Å². The highest BCUT2D eigenvalue weighted by atomic mass is 19.1. The van der Waals surface area contributed by atoms with E-state index in [2.05, 4.69) is 4.98 Å². The Morgan fingerprint density at radius 3 is 2.39 bits per heavy atom. The van der Waals surface area contributed by atoms with Crippen LogP contribution in [0.3, 0.4) is 0 Å². The van der Waals surface area contributed by atoms with E-state index in [1.807, 2.05) is 31.2 Å². The first kappa shape index (κ1) is 24.9. The lowest BCUT2D eigenvalue weighted by atomic mass is 9.94. The first-order valence-corrected chi connectivity index (χ1v) is 12.1. The van der Waals surface area contributed by atoms with Crippen LogP contribution in [0.25, 0.3) is 5.76 Å². The standard InChI is InChI=1S/C31H25FN2O4/c1-20-5-4-6-22(17-20)19-38-24-11-9-23(10-12-24)29(35)27-28(25-7-2-3-8-26(25)32)34(31(37)30(27)36)18-21-13-15-33-16-14-21/h2-17,28,35H,18-19H2,1H3/t28-/m0/s1. The second-order valence-corrected chi connectivity index (χ2v) is 9.11. The Labute approximate surface area is 219 Å². The van der Waals surface area contributed by atoms with Crippen LogP contribution in [0.5, 0.6) is 5.75 Å². The average Bonchev–Trinajstić information content (AvgIpc) is 3.17. The summed E-state index contributed by atoms with van der Waals surface area (Å²) in [5.74, 6) is -2.06. The van der Waals surface area contributed by atoms with Gasteiger partial charge in [-0.25, -0.2) is 4.39 Å². The number of carbonyl (C=O) groups excluding carboxylic acids is 2. The van der Waals surface area contributed by atoms with Crippen LogP contribution < -0.4 is 4.74 Å². The van der Waals surface area contributed by atoms with Crippen molar-refractivity contribution in [1.29, 1.82) is 0 Å². The van der Waals surface area contributed by atoms with Crippen molar-refractivity contribution in [3.63, 3.8) is 0 Å². The molecule has 2 heterocycles. The van der Waals surface area contributed by atoms with Gasteiger partial charge in [-0.15, -0.1) is 0 Å². The molecule has 6 nitrogen and oxygen atoms in total. The summed E-state index contributed by atoms with van der Waals surface area (Å²) in [6, 6.07) is 22.8. The second kappa shape index (κ2) is 10.7. The maximum Gasteiger partial charge on any atom is 0.295 e. The molecular weight excluding hydrogens is 483 g/mol. The number of carbonyl (C=O) groups is 2. The molecule has 1 saturated heterocycles. The summed E-state index contributed by atoms with van der Waals surface area (Å²) in [5.41, 5.74) is 3.16. The minimum Gasteiger partial charge on any atom is -0.507 e. The lowest BCUT2D eigenvalue weighted by Crippen LogP contribution is -2.29. The summed E-state index contributed by atoms with van der Waals surface area (Å²) in [6.45, 7) is 2.44. The maximum absolute atomic E-state index is 15.0. The Kier molecular flexibility index (Phi) is 7.00. The molecule has 0 unspecified atom stereocenters. The Hall–Kier alpha value is -4.78. The van der Waals surface area contributed by atoms with Crippen molar-refractivity contribution >= 4 is 17.4 Å². The number of likely N-dealkylation sites (tertiary alicyclic amines) is 1. The normalized spacial score (nSPS) is 16.6. The number of ketones is 1. The summed E-state index contributed by atoms with van der Waals surface area (Å²) < 4.78 is 20.8. The van der Waals surface area contributed by atoms with E-state index in [4.69, 9.17) is 4.74 Å². The number of amides is 1. The zero-order chi connectivity index (χ0) is 26.6. The van der Waals surface area contributed by atoms with Crippen molar-refractivity contribution in [2.75, 3.05) is 0 Å². The SMILES string of the molecule is Cc1cccc(COc2ccc(C(O)=C3C(=O)C(=O)N(Cc4ccncc4)[C@H]3c3ccccc3F)cc2)c1. The fraction of sp³-hybridized carbons (Fsp3) is 0.129. The molecule has 0 aliphatic carbocycles. The van der Waals surface area contributed by atoms with E-state index in [0.29, 0.717) is 17.9 Å². The Bertz CT molecular complexity index is 1520. The van der Waals surface area contributed by atoms with Crippen molar-refractivity contribution in [3.05, 3.63) is 137 Å².